The van der Waals surface area contributed by atoms with Crippen LogP contribution in [0.1, 0.15) is 18.9 Å². The maximum absolute atomic E-state index is 5.90. The Balaban J connectivity index is 3.00. The van der Waals surface area contributed by atoms with Gasteiger partial charge in [0.05, 0.1) is 5.02 Å². The minimum absolute atomic E-state index is 0.652. The minimum atomic E-state index is 0.652. The molecule has 1 aromatic rings. The monoisotopic (exact) mass is 187 g/mol. The summed E-state index contributed by atoms with van der Waals surface area (Å²) >= 11 is 11.8. The molecule has 1 rings (SSSR count). The van der Waals surface area contributed by atoms with E-state index in [1.165, 1.54) is 0 Å². The number of rotatable bonds is 2. The lowest BCUT2D eigenvalue weighted by molar-refractivity contribution is 0.922. The number of benzene rings is 1. The lowest BCUT2D eigenvalue weighted by atomic mass is 10.1. The third-order valence-corrected chi connectivity index (χ3v) is 2.18. The van der Waals surface area contributed by atoms with Crippen LogP contribution in [-0.2, 0) is 6.42 Å². The van der Waals surface area contributed by atoms with E-state index in [1.54, 1.807) is 6.07 Å². The Morgan fingerprint density at radius 1 is 1.45 bits per heavy atom. The Hall–Kier alpha value is -0.200. The number of halogens is 2. The van der Waals surface area contributed by atoms with E-state index in [-0.39, 0.29) is 0 Å². The third kappa shape index (κ3) is 2.11. The Labute approximate surface area is 77.1 Å². The SMILES string of the molecule is CCCc1c(Cl)[c]ccc1Cl. The fraction of sp³-hybridized carbons (Fsp3) is 0.333. The van der Waals surface area contributed by atoms with Crippen LogP contribution >= 0.6 is 23.2 Å². The van der Waals surface area contributed by atoms with E-state index < -0.39 is 0 Å². The smallest absolute Gasteiger partial charge is 0.0531 e. The Kier molecular flexibility index (Phi) is 3.22. The summed E-state index contributed by atoms with van der Waals surface area (Å²) in [5.41, 5.74) is 1.01. The summed E-state index contributed by atoms with van der Waals surface area (Å²) in [6.45, 7) is 2.10. The molecule has 1 radical (unpaired) electrons. The second-order valence-corrected chi connectivity index (χ2v) is 3.15. The van der Waals surface area contributed by atoms with Crippen molar-refractivity contribution in [2.75, 3.05) is 0 Å². The highest BCUT2D eigenvalue weighted by molar-refractivity contribution is 6.35. The zero-order chi connectivity index (χ0) is 8.27. The van der Waals surface area contributed by atoms with Gasteiger partial charge in [0, 0.05) is 11.1 Å². The molecule has 0 saturated carbocycles. The van der Waals surface area contributed by atoms with Crippen LogP contribution in [0.5, 0.6) is 0 Å². The van der Waals surface area contributed by atoms with Gasteiger partial charge in [-0.25, -0.2) is 0 Å². The third-order valence-electron chi connectivity index (χ3n) is 1.49. The van der Waals surface area contributed by atoms with Crippen molar-refractivity contribution in [2.24, 2.45) is 0 Å². The normalized spacial score (nSPS) is 10.1. The first-order valence-electron chi connectivity index (χ1n) is 3.60. The van der Waals surface area contributed by atoms with Crippen molar-refractivity contribution in [1.82, 2.24) is 0 Å². The first-order chi connectivity index (χ1) is 5.25. The van der Waals surface area contributed by atoms with E-state index in [0.29, 0.717) is 5.02 Å². The van der Waals surface area contributed by atoms with Crippen molar-refractivity contribution in [3.63, 3.8) is 0 Å². The van der Waals surface area contributed by atoms with Crippen LogP contribution in [0.4, 0.5) is 0 Å². The van der Waals surface area contributed by atoms with Crippen LogP contribution in [0.2, 0.25) is 10.0 Å². The van der Waals surface area contributed by atoms with Gasteiger partial charge in [-0.2, -0.15) is 0 Å². The lowest BCUT2D eigenvalue weighted by Crippen LogP contribution is -1.85. The standard InChI is InChI=1S/C9H9Cl2/c1-2-4-7-8(10)5-3-6-9(7)11/h3,5H,2,4H2,1H3. The first kappa shape index (κ1) is 8.89. The highest BCUT2D eigenvalue weighted by Crippen LogP contribution is 2.24. The molecule has 0 N–H and O–H groups in total. The predicted octanol–water partition coefficient (Wildman–Crippen LogP) is 3.75. The quantitative estimate of drug-likeness (QED) is 0.662. The highest BCUT2D eigenvalue weighted by atomic mass is 35.5. The molecule has 2 heteroatoms. The van der Waals surface area contributed by atoms with Crippen molar-refractivity contribution in [3.8, 4) is 0 Å². The molecule has 0 aliphatic rings. The molecule has 0 aliphatic heterocycles. The fourth-order valence-corrected chi connectivity index (χ4v) is 1.52. The van der Waals surface area contributed by atoms with Gasteiger partial charge in [0.15, 0.2) is 0 Å². The lowest BCUT2D eigenvalue weighted by Gasteiger charge is -2.03. The van der Waals surface area contributed by atoms with Gasteiger partial charge in [-0.1, -0.05) is 42.6 Å². The van der Waals surface area contributed by atoms with Crippen molar-refractivity contribution < 1.29 is 0 Å². The Morgan fingerprint density at radius 3 is 2.73 bits per heavy atom. The van der Waals surface area contributed by atoms with Gasteiger partial charge in [-0.05, 0) is 18.1 Å². The minimum Gasteiger partial charge on any atom is -0.0840 e. The van der Waals surface area contributed by atoms with Crippen LogP contribution in [0.15, 0.2) is 12.1 Å². The predicted molar refractivity (Wildman–Crippen MR) is 49.3 cm³/mol. The molecule has 0 atom stereocenters. The maximum Gasteiger partial charge on any atom is 0.0531 e. The van der Waals surface area contributed by atoms with Crippen LogP contribution in [0.25, 0.3) is 0 Å². The van der Waals surface area contributed by atoms with Gasteiger partial charge < -0.3 is 0 Å². The summed E-state index contributed by atoms with van der Waals surface area (Å²) in [5, 5.41) is 1.40. The summed E-state index contributed by atoms with van der Waals surface area (Å²) in [6.07, 6.45) is 1.98. The molecule has 0 saturated heterocycles. The van der Waals surface area contributed by atoms with Gasteiger partial charge in [0.1, 0.15) is 0 Å². The van der Waals surface area contributed by atoms with Gasteiger partial charge in [0.25, 0.3) is 0 Å². The largest absolute Gasteiger partial charge is 0.0840 e. The van der Waals surface area contributed by atoms with Crippen LogP contribution in [0.3, 0.4) is 0 Å². The zero-order valence-electron chi connectivity index (χ0n) is 6.32. The van der Waals surface area contributed by atoms with Crippen molar-refractivity contribution in [3.05, 3.63) is 33.8 Å². The average molecular weight is 188 g/mol. The van der Waals surface area contributed by atoms with E-state index in [1.807, 2.05) is 6.07 Å². The van der Waals surface area contributed by atoms with E-state index >= 15 is 0 Å². The molecule has 0 heterocycles. The second-order valence-electron chi connectivity index (χ2n) is 2.37. The number of hydrogen-bond donors (Lipinski definition) is 0. The van der Waals surface area contributed by atoms with Crippen LogP contribution in [0, 0.1) is 6.07 Å². The van der Waals surface area contributed by atoms with Gasteiger partial charge in [-0.15, -0.1) is 0 Å². The fourth-order valence-electron chi connectivity index (χ4n) is 0.960. The molecule has 59 valence electrons. The summed E-state index contributed by atoms with van der Waals surface area (Å²) in [6, 6.07) is 6.46. The molecule has 0 fully saturated rings. The molecular weight excluding hydrogens is 179 g/mol. The summed E-state index contributed by atoms with van der Waals surface area (Å²) in [5.74, 6) is 0. The van der Waals surface area contributed by atoms with E-state index in [4.69, 9.17) is 23.2 Å². The maximum atomic E-state index is 5.90. The molecule has 0 nitrogen and oxygen atoms in total. The summed E-state index contributed by atoms with van der Waals surface area (Å²) < 4.78 is 0. The van der Waals surface area contributed by atoms with Gasteiger partial charge in [-0.3, -0.25) is 0 Å². The molecular formula is C9H9Cl2. The molecule has 11 heavy (non-hydrogen) atoms. The van der Waals surface area contributed by atoms with Crippen molar-refractivity contribution in [2.45, 2.75) is 19.8 Å². The summed E-state index contributed by atoms with van der Waals surface area (Å²) in [7, 11) is 0. The number of hydrogen-bond acceptors (Lipinski definition) is 0. The first-order valence-corrected chi connectivity index (χ1v) is 4.36. The molecule has 0 amide bonds. The Morgan fingerprint density at radius 2 is 2.18 bits per heavy atom. The average Bonchev–Trinajstić information content (AvgIpc) is 1.97. The topological polar surface area (TPSA) is 0 Å². The molecule has 0 aliphatic carbocycles. The molecule has 1 aromatic carbocycles. The van der Waals surface area contributed by atoms with Crippen LogP contribution in [-0.4, -0.2) is 0 Å². The van der Waals surface area contributed by atoms with E-state index in [9.17, 15) is 0 Å². The molecule has 0 aromatic heterocycles. The zero-order valence-corrected chi connectivity index (χ0v) is 7.84. The van der Waals surface area contributed by atoms with Crippen molar-refractivity contribution >= 4 is 23.2 Å². The molecule has 0 spiro atoms. The van der Waals surface area contributed by atoms with E-state index in [0.717, 1.165) is 23.4 Å². The highest BCUT2D eigenvalue weighted by Gasteiger charge is 2.02. The van der Waals surface area contributed by atoms with Gasteiger partial charge in [0.2, 0.25) is 0 Å². The van der Waals surface area contributed by atoms with Gasteiger partial charge >= 0.3 is 0 Å². The van der Waals surface area contributed by atoms with Crippen molar-refractivity contribution in [1.29, 1.82) is 0 Å². The molecule has 0 unspecified atom stereocenters. The second kappa shape index (κ2) is 3.99. The van der Waals surface area contributed by atoms with E-state index in [2.05, 4.69) is 13.0 Å². The summed E-state index contributed by atoms with van der Waals surface area (Å²) in [4.78, 5) is 0. The molecule has 0 bridgehead atoms. The Bertz CT molecular complexity index is 223. The van der Waals surface area contributed by atoms with Crippen LogP contribution < -0.4 is 0 Å².